The van der Waals surface area contributed by atoms with Gasteiger partial charge in [-0.05, 0) is 50.7 Å². The van der Waals surface area contributed by atoms with Gasteiger partial charge in [0.05, 0.1) is 6.10 Å². The van der Waals surface area contributed by atoms with Crippen molar-refractivity contribution in [1.82, 2.24) is 5.43 Å². The van der Waals surface area contributed by atoms with Gasteiger partial charge in [0.1, 0.15) is 5.82 Å². The summed E-state index contributed by atoms with van der Waals surface area (Å²) in [5.74, 6) is 5.38. The fourth-order valence-corrected chi connectivity index (χ4v) is 2.67. The van der Waals surface area contributed by atoms with E-state index in [1.807, 2.05) is 19.1 Å². The van der Waals surface area contributed by atoms with Gasteiger partial charge in [0.2, 0.25) is 0 Å². The molecule has 19 heavy (non-hydrogen) atoms. The van der Waals surface area contributed by atoms with Crippen LogP contribution in [0.1, 0.15) is 49.3 Å². The number of nitrogens with one attached hydrogen (secondary N) is 1. The van der Waals surface area contributed by atoms with Crippen molar-refractivity contribution in [3.05, 3.63) is 35.1 Å². The molecule has 0 aliphatic carbocycles. The average molecular weight is 266 g/mol. The highest BCUT2D eigenvalue weighted by Crippen LogP contribution is 2.24. The van der Waals surface area contributed by atoms with Crippen LogP contribution in [0.3, 0.4) is 0 Å². The molecule has 0 saturated carbocycles. The van der Waals surface area contributed by atoms with Gasteiger partial charge in [0.25, 0.3) is 0 Å². The Morgan fingerprint density at radius 1 is 1.53 bits per heavy atom. The first-order valence-corrected chi connectivity index (χ1v) is 7.04. The number of hydrogen-bond acceptors (Lipinski definition) is 3. The van der Waals surface area contributed by atoms with E-state index in [0.29, 0.717) is 11.7 Å². The highest BCUT2D eigenvalue weighted by Gasteiger charge is 2.18. The molecule has 1 aromatic rings. The largest absolute Gasteiger partial charge is 0.378 e. The molecule has 1 aromatic carbocycles. The number of ether oxygens (including phenoxy) is 1. The van der Waals surface area contributed by atoms with Crippen LogP contribution in [-0.2, 0) is 4.74 Å². The van der Waals surface area contributed by atoms with E-state index in [-0.39, 0.29) is 11.9 Å². The second kappa shape index (κ2) is 6.98. The van der Waals surface area contributed by atoms with Crippen LogP contribution in [-0.4, -0.2) is 12.7 Å². The molecule has 106 valence electrons. The van der Waals surface area contributed by atoms with E-state index in [1.165, 1.54) is 0 Å². The quantitative estimate of drug-likeness (QED) is 0.614. The fourth-order valence-electron chi connectivity index (χ4n) is 2.67. The lowest BCUT2D eigenvalue weighted by Crippen LogP contribution is -2.29. The van der Waals surface area contributed by atoms with Crippen molar-refractivity contribution in [2.24, 2.45) is 5.84 Å². The molecule has 2 atom stereocenters. The number of rotatable bonds is 6. The van der Waals surface area contributed by atoms with Crippen LogP contribution in [0, 0.1) is 12.7 Å². The number of benzene rings is 1. The second-order valence-electron chi connectivity index (χ2n) is 5.31. The van der Waals surface area contributed by atoms with Gasteiger partial charge in [0.15, 0.2) is 0 Å². The number of hydrogen-bond donors (Lipinski definition) is 2. The topological polar surface area (TPSA) is 47.3 Å². The summed E-state index contributed by atoms with van der Waals surface area (Å²) in [4.78, 5) is 0. The minimum Gasteiger partial charge on any atom is -0.378 e. The zero-order valence-corrected chi connectivity index (χ0v) is 11.5. The summed E-state index contributed by atoms with van der Waals surface area (Å²) in [7, 11) is 0. The van der Waals surface area contributed by atoms with Crippen molar-refractivity contribution in [2.75, 3.05) is 6.61 Å². The van der Waals surface area contributed by atoms with Gasteiger partial charge in [-0.3, -0.25) is 11.3 Å². The average Bonchev–Trinajstić information content (AvgIpc) is 2.89. The molecule has 0 aromatic heterocycles. The molecule has 3 N–H and O–H groups in total. The summed E-state index contributed by atoms with van der Waals surface area (Å²) in [6.07, 6.45) is 5.56. The molecule has 0 spiro atoms. The smallest absolute Gasteiger partial charge is 0.128 e. The highest BCUT2D eigenvalue weighted by molar-refractivity contribution is 5.26. The first kappa shape index (κ1) is 14.4. The van der Waals surface area contributed by atoms with Crippen LogP contribution in [0.4, 0.5) is 4.39 Å². The van der Waals surface area contributed by atoms with Crippen LogP contribution in [0.2, 0.25) is 0 Å². The molecule has 0 bridgehead atoms. The monoisotopic (exact) mass is 266 g/mol. The Morgan fingerprint density at radius 3 is 3.00 bits per heavy atom. The van der Waals surface area contributed by atoms with E-state index in [4.69, 9.17) is 10.6 Å². The van der Waals surface area contributed by atoms with Gasteiger partial charge in [0, 0.05) is 18.2 Å². The number of halogens is 1. The maximum atomic E-state index is 13.9. The molecule has 0 amide bonds. The Kier molecular flexibility index (Phi) is 5.31. The lowest BCUT2D eigenvalue weighted by Gasteiger charge is -2.18. The summed E-state index contributed by atoms with van der Waals surface area (Å²) in [6.45, 7) is 2.77. The predicted molar refractivity (Wildman–Crippen MR) is 74.0 cm³/mol. The molecular weight excluding hydrogens is 243 g/mol. The first-order valence-electron chi connectivity index (χ1n) is 7.04. The van der Waals surface area contributed by atoms with Gasteiger partial charge in [-0.2, -0.15) is 0 Å². The summed E-state index contributed by atoms with van der Waals surface area (Å²) in [5.41, 5.74) is 4.30. The van der Waals surface area contributed by atoms with Crippen LogP contribution < -0.4 is 11.3 Å². The first-order chi connectivity index (χ1) is 9.20. The minimum absolute atomic E-state index is 0.123. The van der Waals surface area contributed by atoms with E-state index in [1.54, 1.807) is 6.07 Å². The van der Waals surface area contributed by atoms with Gasteiger partial charge < -0.3 is 4.74 Å². The minimum atomic E-state index is -0.180. The maximum Gasteiger partial charge on any atom is 0.128 e. The van der Waals surface area contributed by atoms with Gasteiger partial charge in [-0.1, -0.05) is 12.1 Å². The molecule has 1 saturated heterocycles. The maximum absolute atomic E-state index is 13.9. The standard InChI is InChI=1S/C15H23FN2O/c1-11-7-8-13(14(16)10-11)15(18-17)6-2-4-12-5-3-9-19-12/h7-8,10,12,15,18H,2-6,9,17H2,1H3. The molecule has 0 radical (unpaired) electrons. The zero-order valence-electron chi connectivity index (χ0n) is 11.5. The molecule has 3 nitrogen and oxygen atoms in total. The molecule has 2 unspecified atom stereocenters. The third-order valence-corrected chi connectivity index (χ3v) is 3.78. The predicted octanol–water partition coefficient (Wildman–Crippen LogP) is 2.99. The number of hydrazine groups is 1. The lowest BCUT2D eigenvalue weighted by atomic mass is 9.98. The Hall–Kier alpha value is -0.970. The highest BCUT2D eigenvalue weighted by atomic mass is 19.1. The molecule has 1 aliphatic rings. The molecule has 1 heterocycles. The SMILES string of the molecule is Cc1ccc(C(CCCC2CCCO2)NN)c(F)c1. The summed E-state index contributed by atoms with van der Waals surface area (Å²) < 4.78 is 19.5. The van der Waals surface area contributed by atoms with Crippen molar-refractivity contribution in [2.45, 2.75) is 51.2 Å². The fraction of sp³-hybridized carbons (Fsp3) is 0.600. The van der Waals surface area contributed by atoms with E-state index in [2.05, 4.69) is 5.43 Å². The van der Waals surface area contributed by atoms with E-state index in [9.17, 15) is 4.39 Å². The Balaban J connectivity index is 1.88. The molecule has 1 aliphatic heterocycles. The van der Waals surface area contributed by atoms with Gasteiger partial charge >= 0.3 is 0 Å². The molecule has 4 heteroatoms. The van der Waals surface area contributed by atoms with E-state index >= 15 is 0 Å². The van der Waals surface area contributed by atoms with Crippen LogP contribution in [0.25, 0.3) is 0 Å². The molecule has 2 rings (SSSR count). The second-order valence-corrected chi connectivity index (χ2v) is 5.31. The number of nitrogens with two attached hydrogens (primary N) is 1. The van der Waals surface area contributed by atoms with Gasteiger partial charge in [-0.15, -0.1) is 0 Å². The summed E-state index contributed by atoms with van der Waals surface area (Å²) >= 11 is 0. The van der Waals surface area contributed by atoms with Crippen LogP contribution >= 0.6 is 0 Å². The normalized spacial score (nSPS) is 20.7. The van der Waals surface area contributed by atoms with E-state index in [0.717, 1.165) is 44.3 Å². The van der Waals surface area contributed by atoms with E-state index < -0.39 is 0 Å². The Labute approximate surface area is 114 Å². The van der Waals surface area contributed by atoms with Crippen molar-refractivity contribution in [1.29, 1.82) is 0 Å². The van der Waals surface area contributed by atoms with Crippen molar-refractivity contribution in [3.63, 3.8) is 0 Å². The Bertz CT molecular complexity index is 405. The summed E-state index contributed by atoms with van der Waals surface area (Å²) in [6, 6.07) is 5.17. The van der Waals surface area contributed by atoms with Crippen molar-refractivity contribution < 1.29 is 9.13 Å². The number of aryl methyl sites for hydroxylation is 1. The van der Waals surface area contributed by atoms with Crippen molar-refractivity contribution >= 4 is 0 Å². The third-order valence-electron chi connectivity index (χ3n) is 3.78. The van der Waals surface area contributed by atoms with Crippen LogP contribution in [0.5, 0.6) is 0 Å². The lowest BCUT2D eigenvalue weighted by molar-refractivity contribution is 0.101. The Morgan fingerprint density at radius 2 is 2.37 bits per heavy atom. The van der Waals surface area contributed by atoms with Crippen LogP contribution in [0.15, 0.2) is 18.2 Å². The third kappa shape index (κ3) is 4.00. The molecule has 1 fully saturated rings. The van der Waals surface area contributed by atoms with Crippen molar-refractivity contribution in [3.8, 4) is 0 Å². The summed E-state index contributed by atoms with van der Waals surface area (Å²) in [5, 5.41) is 0. The zero-order chi connectivity index (χ0) is 13.7. The molecular formula is C15H23FN2O. The van der Waals surface area contributed by atoms with Gasteiger partial charge in [-0.25, -0.2) is 4.39 Å².